The van der Waals surface area contributed by atoms with Crippen molar-refractivity contribution in [1.82, 2.24) is 5.32 Å². The van der Waals surface area contributed by atoms with E-state index in [9.17, 15) is 19.8 Å². The number of aliphatic carboxylic acids is 1. The van der Waals surface area contributed by atoms with Crippen LogP contribution in [0.5, 0.6) is 0 Å². The van der Waals surface area contributed by atoms with Gasteiger partial charge in [-0.3, -0.25) is 0 Å². The first-order valence-corrected chi connectivity index (χ1v) is 10.5. The van der Waals surface area contributed by atoms with Gasteiger partial charge < -0.3 is 20.3 Å². The minimum atomic E-state index is -1.08. The molecule has 158 valence electrons. The van der Waals surface area contributed by atoms with E-state index in [1.54, 1.807) is 0 Å². The smallest absolute Gasteiger partial charge is 0.407 e. The van der Waals surface area contributed by atoms with E-state index in [2.05, 4.69) is 17.4 Å². The minimum absolute atomic E-state index is 0.0695. The molecule has 0 bridgehead atoms. The van der Waals surface area contributed by atoms with Crippen LogP contribution in [0.2, 0.25) is 0 Å². The highest BCUT2D eigenvalue weighted by Gasteiger charge is 2.31. The van der Waals surface area contributed by atoms with Gasteiger partial charge in [-0.05, 0) is 47.4 Å². The lowest BCUT2D eigenvalue weighted by Gasteiger charge is -2.28. The number of aliphatic hydroxyl groups is 1. The maximum atomic E-state index is 12.4. The first kappa shape index (κ1) is 20.4. The van der Waals surface area contributed by atoms with Gasteiger partial charge in [0.1, 0.15) is 12.6 Å². The number of amides is 1. The van der Waals surface area contributed by atoms with E-state index in [-0.39, 0.29) is 24.5 Å². The summed E-state index contributed by atoms with van der Waals surface area (Å²) >= 11 is 0. The Hall–Kier alpha value is -2.86. The number of carboxylic acid groups (broad SMARTS) is 1. The summed E-state index contributed by atoms with van der Waals surface area (Å²) in [6.07, 6.45) is 2.28. The zero-order valence-corrected chi connectivity index (χ0v) is 16.8. The molecule has 30 heavy (non-hydrogen) atoms. The van der Waals surface area contributed by atoms with Crippen molar-refractivity contribution in [3.63, 3.8) is 0 Å². The van der Waals surface area contributed by atoms with E-state index in [1.807, 2.05) is 36.4 Å². The number of fused-ring (bicyclic) bond motifs is 3. The van der Waals surface area contributed by atoms with Gasteiger partial charge in [-0.1, -0.05) is 61.4 Å². The second-order valence-corrected chi connectivity index (χ2v) is 8.28. The predicted octanol–water partition coefficient (Wildman–Crippen LogP) is 3.92. The average molecular weight is 409 g/mol. The molecule has 4 rings (SSSR count). The highest BCUT2D eigenvalue weighted by Crippen LogP contribution is 2.44. The number of carboxylic acids is 1. The third kappa shape index (κ3) is 4.33. The molecule has 2 aliphatic carbocycles. The molecular formula is C24H27NO5. The molecule has 3 N–H and O–H groups in total. The van der Waals surface area contributed by atoms with Gasteiger partial charge in [0.2, 0.25) is 0 Å². The van der Waals surface area contributed by atoms with Crippen LogP contribution in [0.3, 0.4) is 0 Å². The van der Waals surface area contributed by atoms with Gasteiger partial charge in [0, 0.05) is 5.92 Å². The van der Waals surface area contributed by atoms with E-state index < -0.39 is 18.1 Å². The number of ether oxygens (including phenoxy) is 1. The maximum Gasteiger partial charge on any atom is 0.407 e. The van der Waals surface area contributed by atoms with Gasteiger partial charge in [-0.15, -0.1) is 0 Å². The Morgan fingerprint density at radius 3 is 2.27 bits per heavy atom. The van der Waals surface area contributed by atoms with Gasteiger partial charge in [-0.25, -0.2) is 9.59 Å². The highest BCUT2D eigenvalue weighted by atomic mass is 16.5. The molecule has 3 atom stereocenters. The van der Waals surface area contributed by atoms with Crippen molar-refractivity contribution >= 4 is 12.1 Å². The standard InChI is InChI=1S/C24H27NO5/c26-16-7-5-6-15(12-16)13-22(23(27)28)25-24(29)30-14-21-19-10-3-1-8-17(19)18-9-2-4-11-20(18)21/h1-4,8-11,15-16,21-22,26H,5-7,12-14H2,(H,25,29)(H,27,28). The number of hydrogen-bond donors (Lipinski definition) is 3. The number of carbonyl (C=O) groups is 2. The van der Waals surface area contributed by atoms with Crippen LogP contribution in [0.25, 0.3) is 11.1 Å². The molecule has 2 aliphatic rings. The number of alkyl carbamates (subject to hydrolysis) is 1. The Kier molecular flexibility index (Phi) is 6.04. The number of benzene rings is 2. The Labute approximate surface area is 175 Å². The number of rotatable bonds is 6. The fourth-order valence-electron chi connectivity index (χ4n) is 4.81. The second-order valence-electron chi connectivity index (χ2n) is 8.28. The summed E-state index contributed by atoms with van der Waals surface area (Å²) < 4.78 is 5.47. The summed E-state index contributed by atoms with van der Waals surface area (Å²) in [5.74, 6) is -1.06. The topological polar surface area (TPSA) is 95.9 Å². The number of nitrogens with one attached hydrogen (secondary N) is 1. The zero-order chi connectivity index (χ0) is 21.1. The zero-order valence-electron chi connectivity index (χ0n) is 16.8. The SMILES string of the molecule is O=C(NC(CC1CCCC(O)C1)C(=O)O)OCC1c2ccccc2-c2ccccc21. The van der Waals surface area contributed by atoms with Crippen LogP contribution in [0.4, 0.5) is 4.79 Å². The van der Waals surface area contributed by atoms with Crippen LogP contribution < -0.4 is 5.32 Å². The molecule has 0 aromatic heterocycles. The Bertz CT molecular complexity index is 882. The molecule has 2 aromatic carbocycles. The molecule has 1 amide bonds. The van der Waals surface area contributed by atoms with Crippen LogP contribution >= 0.6 is 0 Å². The summed E-state index contributed by atoms with van der Waals surface area (Å²) in [4.78, 5) is 24.0. The number of carbonyl (C=O) groups excluding carboxylic acids is 1. The Morgan fingerprint density at radius 2 is 1.67 bits per heavy atom. The lowest BCUT2D eigenvalue weighted by Crippen LogP contribution is -2.43. The Balaban J connectivity index is 1.39. The maximum absolute atomic E-state index is 12.4. The van der Waals surface area contributed by atoms with Crippen LogP contribution in [-0.4, -0.2) is 41.0 Å². The average Bonchev–Trinajstić information content (AvgIpc) is 3.06. The first-order chi connectivity index (χ1) is 14.5. The predicted molar refractivity (Wildman–Crippen MR) is 112 cm³/mol. The van der Waals surface area contributed by atoms with Crippen LogP contribution in [0.15, 0.2) is 48.5 Å². The monoisotopic (exact) mass is 409 g/mol. The van der Waals surface area contributed by atoms with Gasteiger partial charge in [0.25, 0.3) is 0 Å². The van der Waals surface area contributed by atoms with Crippen molar-refractivity contribution in [3.8, 4) is 11.1 Å². The Morgan fingerprint density at radius 1 is 1.03 bits per heavy atom. The van der Waals surface area contributed by atoms with E-state index in [1.165, 1.54) is 0 Å². The van der Waals surface area contributed by atoms with Crippen molar-refractivity contribution in [2.45, 2.75) is 50.2 Å². The fourth-order valence-corrected chi connectivity index (χ4v) is 4.81. The van der Waals surface area contributed by atoms with Crippen molar-refractivity contribution < 1.29 is 24.5 Å². The summed E-state index contributed by atoms with van der Waals surface area (Å²) in [6, 6.07) is 15.1. The summed E-state index contributed by atoms with van der Waals surface area (Å²) in [7, 11) is 0. The molecule has 6 nitrogen and oxygen atoms in total. The van der Waals surface area contributed by atoms with E-state index in [0.717, 1.165) is 41.5 Å². The molecule has 0 spiro atoms. The van der Waals surface area contributed by atoms with Crippen LogP contribution in [0.1, 0.15) is 49.1 Å². The molecule has 0 heterocycles. The van der Waals surface area contributed by atoms with Crippen molar-refractivity contribution in [2.75, 3.05) is 6.61 Å². The third-order valence-electron chi connectivity index (χ3n) is 6.26. The second kappa shape index (κ2) is 8.88. The number of hydrogen-bond acceptors (Lipinski definition) is 4. The molecule has 1 saturated carbocycles. The molecular weight excluding hydrogens is 382 g/mol. The van der Waals surface area contributed by atoms with Crippen LogP contribution in [-0.2, 0) is 9.53 Å². The van der Waals surface area contributed by atoms with Gasteiger partial charge in [-0.2, -0.15) is 0 Å². The highest BCUT2D eigenvalue weighted by molar-refractivity contribution is 5.81. The van der Waals surface area contributed by atoms with Gasteiger partial charge in [0.15, 0.2) is 0 Å². The fraction of sp³-hybridized carbons (Fsp3) is 0.417. The van der Waals surface area contributed by atoms with Crippen LogP contribution in [0, 0.1) is 5.92 Å². The lowest BCUT2D eigenvalue weighted by molar-refractivity contribution is -0.140. The number of aliphatic hydroxyl groups excluding tert-OH is 1. The quantitative estimate of drug-likeness (QED) is 0.672. The molecule has 0 aliphatic heterocycles. The summed E-state index contributed by atoms with van der Waals surface area (Å²) in [5.41, 5.74) is 4.50. The molecule has 0 saturated heterocycles. The lowest BCUT2D eigenvalue weighted by atomic mass is 9.83. The normalized spacial score (nSPS) is 21.4. The van der Waals surface area contributed by atoms with Crippen molar-refractivity contribution in [1.29, 1.82) is 0 Å². The molecule has 6 heteroatoms. The van der Waals surface area contributed by atoms with Gasteiger partial charge >= 0.3 is 12.1 Å². The van der Waals surface area contributed by atoms with Gasteiger partial charge in [0.05, 0.1) is 6.10 Å². The van der Waals surface area contributed by atoms with Crippen molar-refractivity contribution in [2.24, 2.45) is 5.92 Å². The molecule has 2 aromatic rings. The molecule has 3 unspecified atom stereocenters. The molecule has 1 fully saturated rings. The van der Waals surface area contributed by atoms with E-state index in [0.29, 0.717) is 12.8 Å². The first-order valence-electron chi connectivity index (χ1n) is 10.5. The summed E-state index contributed by atoms with van der Waals surface area (Å²) in [5, 5.41) is 21.9. The van der Waals surface area contributed by atoms with E-state index in [4.69, 9.17) is 4.74 Å². The summed E-state index contributed by atoms with van der Waals surface area (Å²) in [6.45, 7) is 0.147. The minimum Gasteiger partial charge on any atom is -0.480 e. The third-order valence-corrected chi connectivity index (χ3v) is 6.26. The largest absolute Gasteiger partial charge is 0.480 e. The van der Waals surface area contributed by atoms with Crippen molar-refractivity contribution in [3.05, 3.63) is 59.7 Å². The molecule has 0 radical (unpaired) electrons. The van der Waals surface area contributed by atoms with E-state index >= 15 is 0 Å².